The Morgan fingerprint density at radius 1 is 1.38 bits per heavy atom. The molecule has 70 valence electrons. The fraction of sp³-hybridized carbons (Fsp3) is 0.455. The fourth-order valence-electron chi connectivity index (χ4n) is 2.05. The topological polar surface area (TPSA) is 46.2 Å². The Balaban J connectivity index is 2.33. The fourth-order valence-corrected chi connectivity index (χ4v) is 2.05. The average molecular weight is 177 g/mol. The van der Waals surface area contributed by atoms with Crippen LogP contribution in [0.2, 0.25) is 0 Å². The minimum atomic E-state index is 0.165. The Hall–Kier alpha value is -1.02. The Labute approximate surface area is 78.4 Å². The van der Waals surface area contributed by atoms with Crippen molar-refractivity contribution in [3.8, 4) is 5.75 Å². The Bertz CT molecular complexity index is 299. The van der Waals surface area contributed by atoms with Gasteiger partial charge in [0.2, 0.25) is 0 Å². The van der Waals surface area contributed by atoms with Crippen LogP contribution in [0.3, 0.4) is 0 Å². The van der Waals surface area contributed by atoms with Crippen molar-refractivity contribution in [3.63, 3.8) is 0 Å². The molecule has 1 aliphatic carbocycles. The van der Waals surface area contributed by atoms with Gasteiger partial charge in [-0.15, -0.1) is 0 Å². The maximum atomic E-state index is 9.35. The maximum Gasteiger partial charge on any atom is 0.115 e. The summed E-state index contributed by atoms with van der Waals surface area (Å²) in [5.41, 5.74) is 7.13. The molecule has 1 fully saturated rings. The summed E-state index contributed by atoms with van der Waals surface area (Å²) < 4.78 is 0. The van der Waals surface area contributed by atoms with Gasteiger partial charge in [0.05, 0.1) is 0 Å². The van der Waals surface area contributed by atoms with Crippen molar-refractivity contribution in [1.82, 2.24) is 0 Å². The molecule has 2 rings (SSSR count). The van der Waals surface area contributed by atoms with E-state index in [4.69, 9.17) is 5.73 Å². The zero-order chi connectivity index (χ0) is 9.31. The summed E-state index contributed by atoms with van der Waals surface area (Å²) in [6, 6.07) is 7.49. The van der Waals surface area contributed by atoms with Gasteiger partial charge in [-0.25, -0.2) is 0 Å². The summed E-state index contributed by atoms with van der Waals surface area (Å²) in [7, 11) is 0. The second-order valence-corrected chi connectivity index (χ2v) is 3.89. The third kappa shape index (κ3) is 1.31. The lowest BCUT2D eigenvalue weighted by Crippen LogP contribution is -2.41. The molecule has 0 saturated heterocycles. The first kappa shape index (κ1) is 8.57. The monoisotopic (exact) mass is 177 g/mol. The summed E-state index contributed by atoms with van der Waals surface area (Å²) >= 11 is 0. The first-order valence-electron chi connectivity index (χ1n) is 4.76. The summed E-state index contributed by atoms with van der Waals surface area (Å²) in [6.45, 7) is 0.691. The van der Waals surface area contributed by atoms with E-state index in [1.54, 1.807) is 6.07 Å². The van der Waals surface area contributed by atoms with E-state index in [0.717, 1.165) is 12.8 Å². The molecular weight excluding hydrogens is 162 g/mol. The molecule has 0 unspecified atom stereocenters. The number of nitrogens with two attached hydrogens (primary N) is 1. The van der Waals surface area contributed by atoms with E-state index in [0.29, 0.717) is 12.3 Å². The van der Waals surface area contributed by atoms with E-state index >= 15 is 0 Å². The molecule has 0 heterocycles. The van der Waals surface area contributed by atoms with Crippen LogP contribution >= 0.6 is 0 Å². The molecule has 0 aromatic heterocycles. The molecule has 0 bridgehead atoms. The third-order valence-electron chi connectivity index (χ3n) is 3.16. The SMILES string of the molecule is NCC1(c2cccc(O)c2)CCC1. The molecule has 1 saturated carbocycles. The van der Waals surface area contributed by atoms with Crippen molar-refractivity contribution in [2.24, 2.45) is 5.73 Å². The van der Waals surface area contributed by atoms with Gasteiger partial charge in [-0.3, -0.25) is 0 Å². The van der Waals surface area contributed by atoms with Crippen molar-refractivity contribution >= 4 is 0 Å². The Kier molecular flexibility index (Phi) is 2.00. The number of phenolic OH excluding ortho intramolecular Hbond substituents is 1. The van der Waals surface area contributed by atoms with Gasteiger partial charge in [-0.2, -0.15) is 0 Å². The second kappa shape index (κ2) is 3.04. The molecule has 13 heavy (non-hydrogen) atoms. The van der Waals surface area contributed by atoms with Gasteiger partial charge in [0.1, 0.15) is 5.75 Å². The maximum absolute atomic E-state index is 9.35. The lowest BCUT2D eigenvalue weighted by molar-refractivity contribution is 0.252. The summed E-state index contributed by atoms with van der Waals surface area (Å²) in [5, 5.41) is 9.35. The van der Waals surface area contributed by atoms with Crippen molar-refractivity contribution in [3.05, 3.63) is 29.8 Å². The van der Waals surface area contributed by atoms with Crippen LogP contribution in [0.15, 0.2) is 24.3 Å². The van der Waals surface area contributed by atoms with E-state index in [9.17, 15) is 5.11 Å². The van der Waals surface area contributed by atoms with E-state index in [1.165, 1.54) is 12.0 Å². The van der Waals surface area contributed by atoms with E-state index in [-0.39, 0.29) is 5.41 Å². The van der Waals surface area contributed by atoms with Crippen molar-refractivity contribution in [2.45, 2.75) is 24.7 Å². The highest BCUT2D eigenvalue weighted by Crippen LogP contribution is 2.43. The minimum Gasteiger partial charge on any atom is -0.508 e. The van der Waals surface area contributed by atoms with Crippen molar-refractivity contribution in [1.29, 1.82) is 0 Å². The molecule has 0 radical (unpaired) electrons. The van der Waals surface area contributed by atoms with Crippen molar-refractivity contribution in [2.75, 3.05) is 6.54 Å². The lowest BCUT2D eigenvalue weighted by Gasteiger charge is -2.41. The largest absolute Gasteiger partial charge is 0.508 e. The number of rotatable bonds is 2. The van der Waals surface area contributed by atoms with Crippen LogP contribution in [-0.4, -0.2) is 11.7 Å². The number of aromatic hydroxyl groups is 1. The predicted molar refractivity (Wildman–Crippen MR) is 52.7 cm³/mol. The first-order valence-corrected chi connectivity index (χ1v) is 4.76. The van der Waals surface area contributed by atoms with Crippen LogP contribution in [0.4, 0.5) is 0 Å². The number of phenols is 1. The molecule has 1 aromatic carbocycles. The zero-order valence-electron chi connectivity index (χ0n) is 7.66. The molecule has 0 spiro atoms. The molecule has 1 aromatic rings. The van der Waals surface area contributed by atoms with Gasteiger partial charge in [0, 0.05) is 12.0 Å². The molecule has 2 nitrogen and oxygen atoms in total. The smallest absolute Gasteiger partial charge is 0.115 e. The molecule has 0 aliphatic heterocycles. The van der Waals surface area contributed by atoms with Crippen LogP contribution in [0.25, 0.3) is 0 Å². The van der Waals surface area contributed by atoms with E-state index < -0.39 is 0 Å². The van der Waals surface area contributed by atoms with E-state index in [1.807, 2.05) is 12.1 Å². The second-order valence-electron chi connectivity index (χ2n) is 3.89. The van der Waals surface area contributed by atoms with Crippen molar-refractivity contribution < 1.29 is 5.11 Å². The molecule has 2 heteroatoms. The quantitative estimate of drug-likeness (QED) is 0.723. The zero-order valence-corrected chi connectivity index (χ0v) is 7.66. The molecule has 0 amide bonds. The Morgan fingerprint density at radius 3 is 2.62 bits per heavy atom. The van der Waals surface area contributed by atoms with Crippen LogP contribution in [-0.2, 0) is 5.41 Å². The summed E-state index contributed by atoms with van der Waals surface area (Å²) in [5.74, 6) is 0.345. The van der Waals surface area contributed by atoms with Gasteiger partial charge in [-0.1, -0.05) is 18.6 Å². The standard InChI is InChI=1S/C11H15NO/c12-8-11(5-2-6-11)9-3-1-4-10(13)7-9/h1,3-4,7,13H,2,5-6,8,12H2. The number of benzene rings is 1. The predicted octanol–water partition coefficient (Wildman–Crippen LogP) is 1.77. The molecular formula is C11H15NO. The average Bonchev–Trinajstić information content (AvgIpc) is 2.03. The minimum absolute atomic E-state index is 0.165. The van der Waals surface area contributed by atoms with Crippen LogP contribution in [0, 0.1) is 0 Å². The van der Waals surface area contributed by atoms with Crippen LogP contribution < -0.4 is 5.73 Å². The first-order chi connectivity index (χ1) is 6.27. The van der Waals surface area contributed by atoms with Gasteiger partial charge in [0.25, 0.3) is 0 Å². The number of hydrogen-bond donors (Lipinski definition) is 2. The van der Waals surface area contributed by atoms with Crippen LogP contribution in [0.5, 0.6) is 5.75 Å². The normalized spacial score (nSPS) is 19.5. The molecule has 1 aliphatic rings. The van der Waals surface area contributed by atoms with E-state index in [2.05, 4.69) is 6.07 Å². The molecule has 3 N–H and O–H groups in total. The van der Waals surface area contributed by atoms with Gasteiger partial charge >= 0.3 is 0 Å². The number of hydrogen-bond acceptors (Lipinski definition) is 2. The molecule has 0 atom stereocenters. The highest BCUT2D eigenvalue weighted by Gasteiger charge is 2.37. The van der Waals surface area contributed by atoms with Crippen LogP contribution in [0.1, 0.15) is 24.8 Å². The highest BCUT2D eigenvalue weighted by atomic mass is 16.3. The third-order valence-corrected chi connectivity index (χ3v) is 3.16. The van der Waals surface area contributed by atoms with Gasteiger partial charge < -0.3 is 10.8 Å². The van der Waals surface area contributed by atoms with Gasteiger partial charge in [0.15, 0.2) is 0 Å². The highest BCUT2D eigenvalue weighted by molar-refractivity contribution is 5.34. The Morgan fingerprint density at radius 2 is 2.15 bits per heavy atom. The lowest BCUT2D eigenvalue weighted by atomic mass is 9.64. The van der Waals surface area contributed by atoms with Gasteiger partial charge in [-0.05, 0) is 30.5 Å². The summed E-state index contributed by atoms with van der Waals surface area (Å²) in [6.07, 6.45) is 3.58. The summed E-state index contributed by atoms with van der Waals surface area (Å²) in [4.78, 5) is 0.